The number of nitrogens with zero attached hydrogens (tertiary/aromatic N) is 4. The van der Waals surface area contributed by atoms with Gasteiger partial charge in [0.15, 0.2) is 5.69 Å². The average Bonchev–Trinajstić information content (AvgIpc) is 3.12. The molecule has 1 saturated carbocycles. The molecule has 0 radical (unpaired) electrons. The maximum atomic E-state index is 12.3. The number of aromatic nitrogens is 4. The largest absolute Gasteiger partial charge is 0.472 e. The summed E-state index contributed by atoms with van der Waals surface area (Å²) < 4.78 is 16.6. The fourth-order valence-corrected chi connectivity index (χ4v) is 3.37. The molecule has 3 aromatic heterocycles. The first-order valence-corrected chi connectivity index (χ1v) is 10.3. The van der Waals surface area contributed by atoms with Crippen molar-refractivity contribution in [2.24, 2.45) is 0 Å². The van der Waals surface area contributed by atoms with Gasteiger partial charge in [-0.1, -0.05) is 5.16 Å². The molecular formula is C22H25N5O4. The van der Waals surface area contributed by atoms with E-state index in [4.69, 9.17) is 14.0 Å². The molecule has 1 amide bonds. The van der Waals surface area contributed by atoms with Gasteiger partial charge >= 0.3 is 0 Å². The molecule has 0 unspecified atom stereocenters. The lowest BCUT2D eigenvalue weighted by atomic mass is 9.89. The van der Waals surface area contributed by atoms with Crippen LogP contribution < -0.4 is 10.1 Å². The van der Waals surface area contributed by atoms with Crippen molar-refractivity contribution in [3.05, 3.63) is 53.2 Å². The topological polar surface area (TPSA) is 112 Å². The number of hydrogen-bond donors (Lipinski definition) is 1. The fourth-order valence-electron chi connectivity index (χ4n) is 3.37. The molecule has 1 aliphatic rings. The molecule has 1 aliphatic carbocycles. The van der Waals surface area contributed by atoms with E-state index in [0.29, 0.717) is 23.9 Å². The smallest absolute Gasteiger partial charge is 0.272 e. The molecule has 1 fully saturated rings. The van der Waals surface area contributed by atoms with E-state index in [9.17, 15) is 4.79 Å². The molecule has 0 atom stereocenters. The first-order chi connectivity index (χ1) is 15.0. The van der Waals surface area contributed by atoms with E-state index in [1.54, 1.807) is 18.3 Å². The second-order valence-corrected chi connectivity index (χ2v) is 7.52. The number of nitrogens with one attached hydrogen (secondary N) is 1. The van der Waals surface area contributed by atoms with Crippen LogP contribution in [0.4, 0.5) is 0 Å². The maximum Gasteiger partial charge on any atom is 0.272 e. The summed E-state index contributed by atoms with van der Waals surface area (Å²) in [6, 6.07) is 7.20. The van der Waals surface area contributed by atoms with Gasteiger partial charge in [-0.05, 0) is 51.8 Å². The quantitative estimate of drug-likeness (QED) is 0.588. The summed E-state index contributed by atoms with van der Waals surface area (Å²) in [5.41, 5.74) is 3.51. The highest BCUT2D eigenvalue weighted by atomic mass is 16.5. The Morgan fingerprint density at radius 3 is 2.71 bits per heavy atom. The number of aryl methyl sites for hydroxylation is 2. The second kappa shape index (κ2) is 9.22. The number of rotatable bonds is 8. The highest BCUT2D eigenvalue weighted by Crippen LogP contribution is 2.26. The molecule has 0 aliphatic heterocycles. The molecule has 0 bridgehead atoms. The van der Waals surface area contributed by atoms with Crippen LogP contribution in [0.1, 0.15) is 47.3 Å². The maximum absolute atomic E-state index is 12.3. The van der Waals surface area contributed by atoms with Crippen LogP contribution in [0.3, 0.4) is 0 Å². The number of amides is 1. The Kier molecular flexibility index (Phi) is 6.22. The van der Waals surface area contributed by atoms with Gasteiger partial charge in [0.2, 0.25) is 5.88 Å². The molecule has 1 N–H and O–H groups in total. The van der Waals surface area contributed by atoms with Crippen LogP contribution in [-0.2, 0) is 11.3 Å². The van der Waals surface area contributed by atoms with E-state index in [-0.39, 0.29) is 30.4 Å². The lowest BCUT2D eigenvalue weighted by Crippen LogP contribution is -2.48. The van der Waals surface area contributed by atoms with Gasteiger partial charge in [0.25, 0.3) is 5.91 Å². The van der Waals surface area contributed by atoms with Crippen LogP contribution in [0.15, 0.2) is 35.0 Å². The van der Waals surface area contributed by atoms with Gasteiger partial charge in [0, 0.05) is 36.2 Å². The van der Waals surface area contributed by atoms with E-state index in [2.05, 4.69) is 25.7 Å². The third-order valence-electron chi connectivity index (χ3n) is 5.24. The van der Waals surface area contributed by atoms with Crippen molar-refractivity contribution >= 4 is 5.91 Å². The van der Waals surface area contributed by atoms with Crippen molar-refractivity contribution in [1.82, 2.24) is 25.7 Å². The van der Waals surface area contributed by atoms with Crippen LogP contribution in [0, 0.1) is 13.8 Å². The van der Waals surface area contributed by atoms with E-state index in [1.165, 1.54) is 0 Å². The average molecular weight is 423 g/mol. The van der Waals surface area contributed by atoms with Gasteiger partial charge in [0.05, 0.1) is 11.7 Å². The molecule has 162 valence electrons. The minimum Gasteiger partial charge on any atom is -0.472 e. The zero-order chi connectivity index (χ0) is 21.8. The van der Waals surface area contributed by atoms with Crippen LogP contribution in [0.5, 0.6) is 5.88 Å². The van der Waals surface area contributed by atoms with E-state index < -0.39 is 0 Å². The van der Waals surface area contributed by atoms with Crippen molar-refractivity contribution < 1.29 is 18.8 Å². The molecule has 31 heavy (non-hydrogen) atoms. The molecular weight excluding hydrogens is 398 g/mol. The lowest BCUT2D eigenvalue weighted by Gasteiger charge is -2.35. The van der Waals surface area contributed by atoms with Crippen molar-refractivity contribution in [2.75, 3.05) is 6.61 Å². The predicted octanol–water partition coefficient (Wildman–Crippen LogP) is 3.02. The number of carbonyl (C=O) groups excluding carboxylic acids is 1. The highest BCUT2D eigenvalue weighted by molar-refractivity contribution is 5.92. The highest BCUT2D eigenvalue weighted by Gasteiger charge is 2.31. The summed E-state index contributed by atoms with van der Waals surface area (Å²) in [5, 5.41) is 15.1. The monoisotopic (exact) mass is 423 g/mol. The molecule has 9 heteroatoms. The molecule has 0 saturated heterocycles. The molecule has 0 aromatic carbocycles. The van der Waals surface area contributed by atoms with E-state index >= 15 is 0 Å². The van der Waals surface area contributed by atoms with Gasteiger partial charge in [-0.2, -0.15) is 0 Å². The van der Waals surface area contributed by atoms with Crippen LogP contribution in [0.2, 0.25) is 0 Å². The number of hydrogen-bond acceptors (Lipinski definition) is 8. The Morgan fingerprint density at radius 2 is 2.03 bits per heavy atom. The minimum atomic E-state index is -0.247. The Hall–Kier alpha value is -3.33. The Labute approximate surface area is 180 Å². The van der Waals surface area contributed by atoms with Gasteiger partial charge < -0.3 is 19.3 Å². The lowest BCUT2D eigenvalue weighted by molar-refractivity contribution is -0.00867. The fraction of sp³-hybridized carbons (Fsp3) is 0.409. The SMILES string of the molecule is CCO[C@H]1C[C@@H](NC(=O)c2ccc(OCc3c(-c4ccc(C)nc4)noc3C)nn2)C1. The first-order valence-electron chi connectivity index (χ1n) is 10.3. The number of carbonyl (C=O) groups is 1. The Bertz CT molecular complexity index is 1030. The van der Waals surface area contributed by atoms with Crippen LogP contribution in [0.25, 0.3) is 11.3 Å². The summed E-state index contributed by atoms with van der Waals surface area (Å²) in [4.78, 5) is 16.6. The number of pyridine rings is 1. The standard InChI is InChI=1S/C22H25N5O4/c1-4-29-17-9-16(10-17)24-22(28)19-7-8-20(26-25-19)30-12-18-14(3)31-27-21(18)15-6-5-13(2)23-11-15/h5-8,11,16-17H,4,9-10,12H2,1-3H3,(H,24,28)/t16-,17+. The molecule has 4 rings (SSSR count). The van der Waals surface area contributed by atoms with Crippen molar-refractivity contribution in [3.63, 3.8) is 0 Å². The van der Waals surface area contributed by atoms with Crippen LogP contribution >= 0.6 is 0 Å². The first kappa shape index (κ1) is 20.9. The summed E-state index contributed by atoms with van der Waals surface area (Å²) in [6.45, 7) is 6.62. The molecule has 0 spiro atoms. The Balaban J connectivity index is 1.34. The van der Waals surface area contributed by atoms with Gasteiger partial charge in [-0.15, -0.1) is 10.2 Å². The summed E-state index contributed by atoms with van der Waals surface area (Å²) >= 11 is 0. The summed E-state index contributed by atoms with van der Waals surface area (Å²) in [6.07, 6.45) is 3.64. The third kappa shape index (κ3) is 4.88. The second-order valence-electron chi connectivity index (χ2n) is 7.52. The summed E-state index contributed by atoms with van der Waals surface area (Å²) in [7, 11) is 0. The predicted molar refractivity (Wildman–Crippen MR) is 111 cm³/mol. The molecule has 9 nitrogen and oxygen atoms in total. The Morgan fingerprint density at radius 1 is 1.19 bits per heavy atom. The minimum absolute atomic E-state index is 0.119. The number of ether oxygens (including phenoxy) is 2. The normalized spacial score (nSPS) is 17.8. The van der Waals surface area contributed by atoms with Gasteiger partial charge in [-0.25, -0.2) is 0 Å². The molecule has 3 aromatic rings. The van der Waals surface area contributed by atoms with Crippen molar-refractivity contribution in [1.29, 1.82) is 0 Å². The van der Waals surface area contributed by atoms with E-state index in [0.717, 1.165) is 29.7 Å². The third-order valence-corrected chi connectivity index (χ3v) is 5.24. The van der Waals surface area contributed by atoms with Gasteiger partial charge in [0.1, 0.15) is 18.1 Å². The van der Waals surface area contributed by atoms with Crippen molar-refractivity contribution in [2.45, 2.75) is 52.4 Å². The molecule has 3 heterocycles. The summed E-state index contributed by atoms with van der Waals surface area (Å²) in [5.74, 6) is 0.721. The van der Waals surface area contributed by atoms with E-state index in [1.807, 2.05) is 32.9 Å². The van der Waals surface area contributed by atoms with Crippen LogP contribution in [-0.4, -0.2) is 45.0 Å². The van der Waals surface area contributed by atoms with Gasteiger partial charge in [-0.3, -0.25) is 9.78 Å². The zero-order valence-electron chi connectivity index (χ0n) is 17.8. The zero-order valence-corrected chi connectivity index (χ0v) is 17.8. The van der Waals surface area contributed by atoms with Crippen molar-refractivity contribution in [3.8, 4) is 17.1 Å².